The molecule has 38 heavy (non-hydrogen) atoms. The van der Waals surface area contributed by atoms with Gasteiger partial charge in [-0.2, -0.15) is 0 Å². The Morgan fingerprint density at radius 1 is 1.03 bits per heavy atom. The Labute approximate surface area is 235 Å². The van der Waals surface area contributed by atoms with Gasteiger partial charge in [-0.25, -0.2) is 4.79 Å². The minimum Gasteiger partial charge on any atom is -0.446 e. The second-order valence-electron chi connectivity index (χ2n) is 16.2. The van der Waals surface area contributed by atoms with Gasteiger partial charge in [-0.3, -0.25) is 0 Å². The number of hydrogen-bond acceptors (Lipinski definition) is 2. The molecule has 1 N–H and O–H groups in total. The van der Waals surface area contributed by atoms with E-state index in [1.807, 2.05) is 0 Å². The van der Waals surface area contributed by atoms with Gasteiger partial charge in [0.2, 0.25) is 0 Å². The zero-order valence-corrected chi connectivity index (χ0v) is 26.3. The molecule has 3 heteroatoms. The molecule has 4 aliphatic carbocycles. The van der Waals surface area contributed by atoms with Crippen molar-refractivity contribution in [2.45, 2.75) is 145 Å². The van der Waals surface area contributed by atoms with E-state index in [4.69, 9.17) is 4.74 Å². The van der Waals surface area contributed by atoms with Crippen LogP contribution >= 0.6 is 0 Å². The number of hydrogen-bond donors (Lipinski definition) is 1. The zero-order valence-electron chi connectivity index (χ0n) is 26.3. The van der Waals surface area contributed by atoms with Gasteiger partial charge in [0.1, 0.15) is 6.10 Å². The number of alkyl carbamates (subject to hydrolysis) is 1. The summed E-state index contributed by atoms with van der Waals surface area (Å²) in [5.41, 5.74) is 2.78. The normalized spacial score (nSPS) is 37.6. The Balaban J connectivity index is 1.33. The van der Waals surface area contributed by atoms with Gasteiger partial charge in [0, 0.05) is 13.0 Å². The number of fused-ring (bicyclic) bond motifs is 5. The molecular weight excluding hydrogens is 466 g/mol. The molecule has 0 spiro atoms. The summed E-state index contributed by atoms with van der Waals surface area (Å²) in [6, 6.07) is 0. The van der Waals surface area contributed by atoms with Crippen molar-refractivity contribution in [1.29, 1.82) is 0 Å². The van der Waals surface area contributed by atoms with Crippen LogP contribution in [0.15, 0.2) is 11.6 Å². The molecule has 0 radical (unpaired) electrons. The lowest BCUT2D eigenvalue weighted by Crippen LogP contribution is -2.51. The molecule has 1 amide bonds. The first-order chi connectivity index (χ1) is 17.8. The molecule has 3 saturated carbocycles. The van der Waals surface area contributed by atoms with Crippen LogP contribution in [0.4, 0.5) is 4.79 Å². The summed E-state index contributed by atoms with van der Waals surface area (Å²) in [5.74, 6) is 5.22. The van der Waals surface area contributed by atoms with Crippen LogP contribution in [-0.2, 0) is 4.74 Å². The van der Waals surface area contributed by atoms with Crippen molar-refractivity contribution < 1.29 is 9.53 Å². The molecule has 0 aromatic carbocycles. The fraction of sp³-hybridized carbons (Fsp3) is 0.914. The van der Waals surface area contributed by atoms with Gasteiger partial charge in [-0.05, 0) is 110 Å². The van der Waals surface area contributed by atoms with Gasteiger partial charge in [0.05, 0.1) is 0 Å². The lowest BCUT2D eigenvalue weighted by atomic mass is 9.47. The van der Waals surface area contributed by atoms with Crippen molar-refractivity contribution in [3.05, 3.63) is 11.6 Å². The molecule has 0 saturated heterocycles. The number of nitrogens with one attached hydrogen (secondary N) is 1. The molecule has 4 rings (SSSR count). The van der Waals surface area contributed by atoms with E-state index in [0.717, 1.165) is 61.2 Å². The molecule has 4 aliphatic rings. The van der Waals surface area contributed by atoms with E-state index in [9.17, 15) is 4.79 Å². The Morgan fingerprint density at radius 2 is 1.79 bits per heavy atom. The molecular formula is C35H61NO2. The van der Waals surface area contributed by atoms with E-state index in [2.05, 4.69) is 66.8 Å². The number of carbonyl (C=O) groups excluding carboxylic acids is 1. The Bertz CT molecular complexity index is 839. The third-order valence-corrected chi connectivity index (χ3v) is 11.9. The van der Waals surface area contributed by atoms with E-state index in [0.29, 0.717) is 22.8 Å². The molecule has 0 aromatic heterocycles. The quantitative estimate of drug-likeness (QED) is 0.239. The monoisotopic (exact) mass is 527 g/mol. The summed E-state index contributed by atoms with van der Waals surface area (Å²) in [5, 5.41) is 3.01. The highest BCUT2D eigenvalue weighted by atomic mass is 16.6. The van der Waals surface area contributed by atoms with Crippen molar-refractivity contribution in [2.24, 2.45) is 51.8 Å². The van der Waals surface area contributed by atoms with Crippen LogP contribution in [0.5, 0.6) is 0 Å². The first kappa shape index (κ1) is 30.0. The Kier molecular flexibility index (Phi) is 9.36. The predicted molar refractivity (Wildman–Crippen MR) is 160 cm³/mol. The number of ether oxygens (including phenoxy) is 1. The van der Waals surface area contributed by atoms with Crippen molar-refractivity contribution >= 4 is 6.09 Å². The molecule has 3 nitrogen and oxygen atoms in total. The van der Waals surface area contributed by atoms with Crippen LogP contribution in [0.1, 0.15) is 139 Å². The first-order valence-electron chi connectivity index (χ1n) is 16.5. The summed E-state index contributed by atoms with van der Waals surface area (Å²) in [6.45, 7) is 20.0. The predicted octanol–water partition coefficient (Wildman–Crippen LogP) is 9.95. The maximum atomic E-state index is 12.5. The average molecular weight is 528 g/mol. The topological polar surface area (TPSA) is 38.3 Å². The summed E-state index contributed by atoms with van der Waals surface area (Å²) in [7, 11) is 0. The van der Waals surface area contributed by atoms with Crippen molar-refractivity contribution in [2.75, 3.05) is 6.54 Å². The fourth-order valence-corrected chi connectivity index (χ4v) is 9.75. The molecule has 0 aliphatic heterocycles. The van der Waals surface area contributed by atoms with Gasteiger partial charge in [-0.15, -0.1) is 0 Å². The smallest absolute Gasteiger partial charge is 0.407 e. The molecule has 8 atom stereocenters. The average Bonchev–Trinajstić information content (AvgIpc) is 3.18. The minimum atomic E-state index is -0.213. The second-order valence-corrected chi connectivity index (χ2v) is 16.2. The maximum Gasteiger partial charge on any atom is 0.407 e. The number of amides is 1. The molecule has 218 valence electrons. The van der Waals surface area contributed by atoms with Gasteiger partial charge < -0.3 is 10.1 Å². The highest BCUT2D eigenvalue weighted by Crippen LogP contribution is 2.67. The van der Waals surface area contributed by atoms with E-state index in [1.165, 1.54) is 57.8 Å². The summed E-state index contributed by atoms with van der Waals surface area (Å²) < 4.78 is 5.94. The Hall–Kier alpha value is -0.990. The minimum absolute atomic E-state index is 0.0462. The lowest BCUT2D eigenvalue weighted by molar-refractivity contribution is -0.0581. The van der Waals surface area contributed by atoms with E-state index in [1.54, 1.807) is 5.57 Å². The van der Waals surface area contributed by atoms with Gasteiger partial charge in [-0.1, -0.05) is 86.3 Å². The van der Waals surface area contributed by atoms with Gasteiger partial charge in [0.25, 0.3) is 0 Å². The number of rotatable bonds is 9. The highest BCUT2D eigenvalue weighted by molar-refractivity contribution is 5.67. The number of allylic oxidation sites excluding steroid dienone is 1. The van der Waals surface area contributed by atoms with E-state index < -0.39 is 0 Å². The van der Waals surface area contributed by atoms with Crippen molar-refractivity contribution in [3.63, 3.8) is 0 Å². The van der Waals surface area contributed by atoms with Crippen LogP contribution in [-0.4, -0.2) is 18.7 Å². The lowest BCUT2D eigenvalue weighted by Gasteiger charge is -2.58. The van der Waals surface area contributed by atoms with Crippen LogP contribution in [0, 0.1) is 51.8 Å². The van der Waals surface area contributed by atoms with Crippen LogP contribution in [0.25, 0.3) is 0 Å². The fourth-order valence-electron chi connectivity index (χ4n) is 9.75. The SMILES string of the molecule is CC(C)CCCC(C)C1CCC2C3CC=C4CC(OC(=O)NCCCC(C)(C)C)CCC4(C)C3CCC12C. The van der Waals surface area contributed by atoms with Gasteiger partial charge >= 0.3 is 6.09 Å². The first-order valence-corrected chi connectivity index (χ1v) is 16.5. The molecule has 0 bridgehead atoms. The van der Waals surface area contributed by atoms with Crippen molar-refractivity contribution in [3.8, 4) is 0 Å². The van der Waals surface area contributed by atoms with E-state index in [-0.39, 0.29) is 12.2 Å². The summed E-state index contributed by atoms with van der Waals surface area (Å²) in [6.07, 6.45) is 18.9. The molecule has 0 heterocycles. The van der Waals surface area contributed by atoms with E-state index >= 15 is 0 Å². The van der Waals surface area contributed by atoms with Crippen molar-refractivity contribution in [1.82, 2.24) is 5.32 Å². The second kappa shape index (κ2) is 11.9. The standard InChI is InChI=1S/C35H61NO2/c1-24(2)11-9-12-25(3)29-15-16-30-28-14-13-26-23-27(38-32(37)36-22-10-19-33(4,5)6)17-20-34(26,7)31(28)18-21-35(29,30)8/h13,24-25,27-31H,9-12,14-23H2,1-8H3,(H,36,37). The van der Waals surface area contributed by atoms with Crippen LogP contribution in [0.2, 0.25) is 0 Å². The number of carbonyl (C=O) groups is 1. The summed E-state index contributed by atoms with van der Waals surface area (Å²) in [4.78, 5) is 12.5. The Morgan fingerprint density at radius 3 is 2.50 bits per heavy atom. The largest absolute Gasteiger partial charge is 0.446 e. The maximum absolute atomic E-state index is 12.5. The third-order valence-electron chi connectivity index (χ3n) is 11.9. The molecule has 0 aromatic rings. The summed E-state index contributed by atoms with van der Waals surface area (Å²) >= 11 is 0. The zero-order chi connectivity index (χ0) is 27.7. The molecule has 8 unspecified atom stereocenters. The van der Waals surface area contributed by atoms with Crippen LogP contribution in [0.3, 0.4) is 0 Å². The third kappa shape index (κ3) is 6.49. The van der Waals surface area contributed by atoms with Crippen LogP contribution < -0.4 is 5.32 Å². The highest BCUT2D eigenvalue weighted by Gasteiger charge is 2.59. The van der Waals surface area contributed by atoms with Gasteiger partial charge in [0.15, 0.2) is 0 Å². The molecule has 3 fully saturated rings.